The zero-order chi connectivity index (χ0) is 19.3. The van der Waals surface area contributed by atoms with E-state index in [2.05, 4.69) is 77.1 Å². The van der Waals surface area contributed by atoms with Crippen molar-refractivity contribution < 1.29 is 0 Å². The summed E-state index contributed by atoms with van der Waals surface area (Å²) in [5.41, 5.74) is 8.13. The predicted octanol–water partition coefficient (Wildman–Crippen LogP) is 5.20. The third-order valence-corrected chi connectivity index (χ3v) is 7.01. The Morgan fingerprint density at radius 1 is 0.607 bits per heavy atom. The zero-order valence-electron chi connectivity index (χ0n) is 16.2. The van der Waals surface area contributed by atoms with Gasteiger partial charge in [-0.2, -0.15) is 0 Å². The molecule has 0 aromatic carbocycles. The Hall–Kier alpha value is -3.18. The van der Waals surface area contributed by atoms with Crippen molar-refractivity contribution in [2.24, 2.45) is 0 Å². The first-order valence-electron chi connectivity index (χ1n) is 9.51. The largest absolute Gasteiger partial charge is 0.355 e. The molecule has 2 N–H and O–H groups in total. The molecule has 8 bridgehead atoms. The van der Waals surface area contributed by atoms with Crippen molar-refractivity contribution in [1.29, 1.82) is 0 Å². The van der Waals surface area contributed by atoms with Crippen molar-refractivity contribution in [2.75, 3.05) is 0 Å². The van der Waals surface area contributed by atoms with E-state index in [4.69, 9.17) is 4.98 Å². The third-order valence-electron chi connectivity index (χ3n) is 4.98. The van der Waals surface area contributed by atoms with E-state index in [1.54, 1.807) is 0 Å². The van der Waals surface area contributed by atoms with Gasteiger partial charge >= 0.3 is 0 Å². The number of aromatic nitrogens is 4. The molecule has 0 fully saturated rings. The molecule has 0 unspecified atom stereocenters. The molecule has 4 nitrogen and oxygen atoms in total. The number of fused-ring (bicyclic) bond motifs is 8. The smallest absolute Gasteiger partial charge is 0.0804 e. The molecule has 2 aliphatic heterocycles. The Morgan fingerprint density at radius 2 is 1.18 bits per heavy atom. The van der Waals surface area contributed by atoms with E-state index >= 15 is 0 Å². The number of H-pyrrole nitrogens is 2. The van der Waals surface area contributed by atoms with Crippen LogP contribution in [0.4, 0.5) is 0 Å². The van der Waals surface area contributed by atoms with Gasteiger partial charge in [-0.05, 0) is 72.0 Å². The van der Waals surface area contributed by atoms with E-state index in [9.17, 15) is 0 Å². The highest BCUT2D eigenvalue weighted by Crippen LogP contribution is 2.18. The molecule has 2 aliphatic rings. The first-order chi connectivity index (χ1) is 13.4. The van der Waals surface area contributed by atoms with Gasteiger partial charge in [0.05, 0.1) is 30.8 Å². The van der Waals surface area contributed by atoms with Crippen LogP contribution in [0.15, 0.2) is 42.5 Å². The molecule has 5 rings (SSSR count). The minimum atomic E-state index is -1.51. The van der Waals surface area contributed by atoms with Crippen LogP contribution < -0.4 is 5.19 Å². The quantitative estimate of drug-likeness (QED) is 0.391. The van der Waals surface area contributed by atoms with Crippen molar-refractivity contribution in [1.82, 2.24) is 19.9 Å². The summed E-state index contributed by atoms with van der Waals surface area (Å²) < 4.78 is 0. The fourth-order valence-corrected chi connectivity index (χ4v) is 5.17. The van der Waals surface area contributed by atoms with Gasteiger partial charge in [-0.1, -0.05) is 19.6 Å². The van der Waals surface area contributed by atoms with Gasteiger partial charge in [0.1, 0.15) is 0 Å². The minimum Gasteiger partial charge on any atom is -0.355 e. The molecule has 0 spiro atoms. The molecule has 28 heavy (non-hydrogen) atoms. The van der Waals surface area contributed by atoms with Crippen LogP contribution in [-0.4, -0.2) is 28.0 Å². The van der Waals surface area contributed by atoms with Crippen LogP contribution in [0.3, 0.4) is 0 Å². The number of hydrogen-bond acceptors (Lipinski definition) is 2. The summed E-state index contributed by atoms with van der Waals surface area (Å²) in [6, 6.07) is 14.9. The summed E-state index contributed by atoms with van der Waals surface area (Å²) >= 11 is 0. The number of aromatic amines is 2. The van der Waals surface area contributed by atoms with E-state index in [-0.39, 0.29) is 0 Å². The number of nitrogens with zero attached hydrogens (tertiary/aromatic N) is 2. The summed E-state index contributed by atoms with van der Waals surface area (Å²) in [5, 5.41) is 1.41. The summed E-state index contributed by atoms with van der Waals surface area (Å²) in [5.74, 6) is 0. The average Bonchev–Trinajstić information content (AvgIpc) is 3.38. The van der Waals surface area contributed by atoms with E-state index in [0.717, 1.165) is 44.8 Å². The lowest BCUT2D eigenvalue weighted by Gasteiger charge is -2.14. The van der Waals surface area contributed by atoms with Gasteiger partial charge in [0.15, 0.2) is 0 Å². The fraction of sp³-hybridized carbons (Fsp3) is 0.130. The van der Waals surface area contributed by atoms with Crippen LogP contribution in [0.5, 0.6) is 0 Å². The average molecular weight is 383 g/mol. The molecular weight excluding hydrogens is 360 g/mol. The lowest BCUT2D eigenvalue weighted by molar-refractivity contribution is 1.28. The molecule has 3 aromatic heterocycles. The van der Waals surface area contributed by atoms with Crippen LogP contribution in [0.25, 0.3) is 46.4 Å². The number of nitrogens with one attached hydrogen (secondary N) is 2. The second-order valence-electron chi connectivity index (χ2n) is 8.34. The lowest BCUT2D eigenvalue weighted by Crippen LogP contribution is -2.36. The Kier molecular flexibility index (Phi) is 3.74. The Morgan fingerprint density at radius 3 is 1.82 bits per heavy atom. The topological polar surface area (TPSA) is 57.4 Å². The maximum atomic E-state index is 4.76. The fourth-order valence-electron chi connectivity index (χ4n) is 3.64. The van der Waals surface area contributed by atoms with Gasteiger partial charge in [-0.25, -0.2) is 9.97 Å². The van der Waals surface area contributed by atoms with Gasteiger partial charge < -0.3 is 9.97 Å². The summed E-state index contributed by atoms with van der Waals surface area (Å²) in [7, 11) is -1.51. The zero-order valence-corrected chi connectivity index (χ0v) is 17.2. The van der Waals surface area contributed by atoms with Gasteiger partial charge in [-0.15, -0.1) is 0 Å². The molecule has 0 amide bonds. The summed E-state index contributed by atoms with van der Waals surface area (Å²) in [6.45, 7) is 7.12. The van der Waals surface area contributed by atoms with Gasteiger partial charge in [0, 0.05) is 22.1 Å². The molecule has 138 valence electrons. The maximum absolute atomic E-state index is 4.76. The minimum absolute atomic E-state index is 0.922. The van der Waals surface area contributed by atoms with Crippen LogP contribution in [-0.2, 0) is 0 Å². The van der Waals surface area contributed by atoms with Crippen LogP contribution >= 0.6 is 0 Å². The molecule has 0 atom stereocenters. The van der Waals surface area contributed by atoms with Crippen LogP contribution in [0, 0.1) is 0 Å². The van der Waals surface area contributed by atoms with Gasteiger partial charge in [0.25, 0.3) is 0 Å². The standard InChI is InChI=1S/C23H22N4Si/c1-28(2,3)23-14-21-12-19-7-6-17(25-19)10-15-4-5-16(24-15)11-18-8-9-20(26-18)13-22(23)27-21/h4-14,25,27H,1-3H3. The Bertz CT molecular complexity index is 1300. The molecule has 5 heteroatoms. The van der Waals surface area contributed by atoms with E-state index in [1.807, 2.05) is 24.3 Å². The second kappa shape index (κ2) is 6.17. The first kappa shape index (κ1) is 17.0. The molecule has 0 saturated carbocycles. The number of hydrogen-bond donors (Lipinski definition) is 2. The lowest BCUT2D eigenvalue weighted by atomic mass is 10.3. The first-order valence-corrected chi connectivity index (χ1v) is 13.0. The molecule has 3 aromatic rings. The highest BCUT2D eigenvalue weighted by molar-refractivity contribution is 6.90. The summed E-state index contributed by atoms with van der Waals surface area (Å²) in [4.78, 5) is 16.5. The van der Waals surface area contributed by atoms with Crippen molar-refractivity contribution in [3.05, 3.63) is 65.2 Å². The Labute approximate surface area is 164 Å². The number of rotatable bonds is 1. The van der Waals surface area contributed by atoms with Crippen molar-refractivity contribution in [2.45, 2.75) is 19.6 Å². The highest BCUT2D eigenvalue weighted by Gasteiger charge is 2.19. The molecular formula is C23H22N4Si. The molecule has 0 saturated heterocycles. The molecule has 0 aliphatic carbocycles. The Balaban J connectivity index is 1.87. The van der Waals surface area contributed by atoms with Gasteiger partial charge in [-0.3, -0.25) is 0 Å². The monoisotopic (exact) mass is 382 g/mol. The van der Waals surface area contributed by atoms with Gasteiger partial charge in [0.2, 0.25) is 0 Å². The van der Waals surface area contributed by atoms with E-state index in [0.29, 0.717) is 0 Å². The normalized spacial score (nSPS) is 13.2. The molecule has 0 radical (unpaired) electrons. The van der Waals surface area contributed by atoms with Crippen molar-refractivity contribution in [3.8, 4) is 0 Å². The maximum Gasteiger partial charge on any atom is 0.0804 e. The van der Waals surface area contributed by atoms with Crippen LogP contribution in [0.2, 0.25) is 19.6 Å². The van der Waals surface area contributed by atoms with Crippen LogP contribution in [0.1, 0.15) is 22.8 Å². The second-order valence-corrected chi connectivity index (χ2v) is 13.4. The van der Waals surface area contributed by atoms with E-state index in [1.165, 1.54) is 5.19 Å². The van der Waals surface area contributed by atoms with Crippen molar-refractivity contribution in [3.63, 3.8) is 0 Å². The molecule has 5 heterocycles. The van der Waals surface area contributed by atoms with E-state index < -0.39 is 8.07 Å². The SMILES string of the molecule is C[Si](C)(C)c1cc2cc3ccc(cc4nc(cc5nc(cc1[nH]2)C=C5)C=C4)[nH]3. The van der Waals surface area contributed by atoms with Crippen molar-refractivity contribution >= 4 is 59.6 Å². The summed E-state index contributed by atoms with van der Waals surface area (Å²) in [6.07, 6.45) is 8.16. The highest BCUT2D eigenvalue weighted by atomic mass is 28.3. The third kappa shape index (κ3) is 3.25. The predicted molar refractivity (Wildman–Crippen MR) is 122 cm³/mol.